The van der Waals surface area contributed by atoms with Crippen LogP contribution in [0.4, 0.5) is 5.82 Å². The summed E-state index contributed by atoms with van der Waals surface area (Å²) >= 11 is 0. The monoisotopic (exact) mass is 276 g/mol. The molecule has 0 aliphatic carbocycles. The Hall–Kier alpha value is -1.62. The number of amides is 1. The number of primary amides is 1. The minimum absolute atomic E-state index is 0.392. The van der Waals surface area contributed by atoms with Crippen LogP contribution in [0.25, 0.3) is 0 Å². The molecule has 0 radical (unpaired) electrons. The Labute approximate surface area is 120 Å². The molecule has 1 aromatic rings. The summed E-state index contributed by atoms with van der Waals surface area (Å²) in [6.45, 7) is 5.06. The first-order chi connectivity index (χ1) is 9.74. The zero-order valence-corrected chi connectivity index (χ0v) is 12.1. The molecule has 1 atom stereocenters. The molecular formula is C15H24N4O. The Kier molecular flexibility index (Phi) is 5.35. The average molecular weight is 276 g/mol. The molecule has 1 aliphatic rings. The van der Waals surface area contributed by atoms with E-state index >= 15 is 0 Å². The van der Waals surface area contributed by atoms with Crippen LogP contribution in [0.2, 0.25) is 0 Å². The van der Waals surface area contributed by atoms with Crippen molar-refractivity contribution in [1.29, 1.82) is 0 Å². The van der Waals surface area contributed by atoms with E-state index in [-0.39, 0.29) is 0 Å². The topological polar surface area (TPSA) is 71.2 Å². The summed E-state index contributed by atoms with van der Waals surface area (Å²) in [4.78, 5) is 18.2. The number of carbonyl (C=O) groups excluding carboxylic acids is 1. The summed E-state index contributed by atoms with van der Waals surface area (Å²) in [5, 5.41) is 3.47. The molecule has 1 aliphatic heterocycles. The SMILES string of the molecule is CCCNCC1CCCCN1c1ncccc1C(N)=O. The Morgan fingerprint density at radius 3 is 3.15 bits per heavy atom. The highest BCUT2D eigenvalue weighted by atomic mass is 16.1. The van der Waals surface area contributed by atoms with Gasteiger partial charge in [0.05, 0.1) is 5.56 Å². The number of hydrogen-bond acceptors (Lipinski definition) is 4. The zero-order valence-electron chi connectivity index (χ0n) is 12.1. The summed E-state index contributed by atoms with van der Waals surface area (Å²) in [5.41, 5.74) is 5.99. The molecule has 3 N–H and O–H groups in total. The minimum Gasteiger partial charge on any atom is -0.365 e. The number of pyridine rings is 1. The van der Waals surface area contributed by atoms with Crippen LogP contribution >= 0.6 is 0 Å². The molecule has 5 heteroatoms. The van der Waals surface area contributed by atoms with E-state index in [1.165, 1.54) is 6.42 Å². The Morgan fingerprint density at radius 2 is 2.40 bits per heavy atom. The van der Waals surface area contributed by atoms with Gasteiger partial charge >= 0.3 is 0 Å². The predicted molar refractivity (Wildman–Crippen MR) is 80.9 cm³/mol. The molecule has 1 amide bonds. The molecule has 0 saturated carbocycles. The quantitative estimate of drug-likeness (QED) is 0.773. The molecule has 2 heterocycles. The molecule has 20 heavy (non-hydrogen) atoms. The van der Waals surface area contributed by atoms with Gasteiger partial charge in [0.15, 0.2) is 0 Å². The number of hydrogen-bond donors (Lipinski definition) is 2. The van der Waals surface area contributed by atoms with Crippen molar-refractivity contribution in [3.63, 3.8) is 0 Å². The summed E-state index contributed by atoms with van der Waals surface area (Å²) < 4.78 is 0. The van der Waals surface area contributed by atoms with Crippen molar-refractivity contribution in [2.75, 3.05) is 24.5 Å². The number of rotatable bonds is 6. The van der Waals surface area contributed by atoms with E-state index in [0.717, 1.165) is 44.7 Å². The smallest absolute Gasteiger partial charge is 0.252 e. The van der Waals surface area contributed by atoms with Gasteiger partial charge < -0.3 is 16.0 Å². The molecule has 0 spiro atoms. The number of carbonyl (C=O) groups is 1. The summed E-state index contributed by atoms with van der Waals surface area (Å²) in [5.74, 6) is 0.335. The first kappa shape index (κ1) is 14.8. The van der Waals surface area contributed by atoms with Crippen molar-refractivity contribution in [1.82, 2.24) is 10.3 Å². The van der Waals surface area contributed by atoms with Gasteiger partial charge in [0.2, 0.25) is 0 Å². The fourth-order valence-electron chi connectivity index (χ4n) is 2.76. The molecule has 1 unspecified atom stereocenters. The van der Waals surface area contributed by atoms with Gasteiger partial charge in [0.25, 0.3) is 5.91 Å². The minimum atomic E-state index is -0.404. The van der Waals surface area contributed by atoms with Crippen LogP contribution in [0.1, 0.15) is 43.0 Å². The van der Waals surface area contributed by atoms with Crippen molar-refractivity contribution < 1.29 is 4.79 Å². The van der Waals surface area contributed by atoms with Crippen LogP contribution in [0.5, 0.6) is 0 Å². The van der Waals surface area contributed by atoms with E-state index < -0.39 is 5.91 Å². The van der Waals surface area contributed by atoms with Crippen LogP contribution in [0.15, 0.2) is 18.3 Å². The van der Waals surface area contributed by atoms with Crippen LogP contribution < -0.4 is 16.0 Å². The summed E-state index contributed by atoms with van der Waals surface area (Å²) in [6.07, 6.45) is 6.36. The van der Waals surface area contributed by atoms with Crippen LogP contribution in [0, 0.1) is 0 Å². The maximum Gasteiger partial charge on any atom is 0.252 e. The number of aromatic nitrogens is 1. The first-order valence-electron chi connectivity index (χ1n) is 7.46. The third-order valence-electron chi connectivity index (χ3n) is 3.76. The van der Waals surface area contributed by atoms with Crippen molar-refractivity contribution in [2.45, 2.75) is 38.6 Å². The molecule has 5 nitrogen and oxygen atoms in total. The van der Waals surface area contributed by atoms with E-state index in [2.05, 4.69) is 22.1 Å². The lowest BCUT2D eigenvalue weighted by Gasteiger charge is -2.37. The van der Waals surface area contributed by atoms with E-state index in [1.54, 1.807) is 18.3 Å². The number of nitrogens with two attached hydrogens (primary N) is 1. The lowest BCUT2D eigenvalue weighted by molar-refractivity contribution is 0.1000. The molecular weight excluding hydrogens is 252 g/mol. The third kappa shape index (κ3) is 3.48. The zero-order chi connectivity index (χ0) is 14.4. The highest BCUT2D eigenvalue weighted by Gasteiger charge is 2.26. The number of nitrogens with one attached hydrogen (secondary N) is 1. The van der Waals surface area contributed by atoms with Gasteiger partial charge in [-0.05, 0) is 44.4 Å². The van der Waals surface area contributed by atoms with Crippen LogP contribution in [-0.2, 0) is 0 Å². The van der Waals surface area contributed by atoms with E-state index in [1.807, 2.05) is 0 Å². The van der Waals surface area contributed by atoms with E-state index in [0.29, 0.717) is 11.6 Å². The lowest BCUT2D eigenvalue weighted by atomic mass is 10.0. The molecule has 0 bridgehead atoms. The van der Waals surface area contributed by atoms with Crippen molar-refractivity contribution in [2.24, 2.45) is 5.73 Å². The maximum atomic E-state index is 11.6. The third-order valence-corrected chi connectivity index (χ3v) is 3.76. The molecule has 110 valence electrons. The van der Waals surface area contributed by atoms with Crippen molar-refractivity contribution >= 4 is 11.7 Å². The summed E-state index contributed by atoms with van der Waals surface area (Å²) in [6, 6.07) is 3.91. The van der Waals surface area contributed by atoms with Gasteiger partial charge in [0, 0.05) is 25.3 Å². The van der Waals surface area contributed by atoms with Gasteiger partial charge in [-0.15, -0.1) is 0 Å². The molecule has 0 aromatic carbocycles. The van der Waals surface area contributed by atoms with Gasteiger partial charge in [-0.3, -0.25) is 4.79 Å². The largest absolute Gasteiger partial charge is 0.365 e. The van der Waals surface area contributed by atoms with E-state index in [9.17, 15) is 4.79 Å². The second kappa shape index (κ2) is 7.24. The average Bonchev–Trinajstić information content (AvgIpc) is 2.48. The molecule has 2 rings (SSSR count). The number of nitrogens with zero attached hydrogens (tertiary/aromatic N) is 2. The highest BCUT2D eigenvalue weighted by molar-refractivity contribution is 5.97. The molecule has 1 fully saturated rings. The van der Waals surface area contributed by atoms with Gasteiger partial charge in [-0.1, -0.05) is 6.92 Å². The predicted octanol–water partition coefficient (Wildman–Crippen LogP) is 1.54. The Morgan fingerprint density at radius 1 is 1.55 bits per heavy atom. The van der Waals surface area contributed by atoms with Crippen molar-refractivity contribution in [3.8, 4) is 0 Å². The highest BCUT2D eigenvalue weighted by Crippen LogP contribution is 2.25. The number of anilines is 1. The Balaban J connectivity index is 2.17. The van der Waals surface area contributed by atoms with Crippen LogP contribution in [-0.4, -0.2) is 36.6 Å². The van der Waals surface area contributed by atoms with Crippen molar-refractivity contribution in [3.05, 3.63) is 23.9 Å². The van der Waals surface area contributed by atoms with Gasteiger partial charge in [-0.2, -0.15) is 0 Å². The molecule has 1 saturated heterocycles. The summed E-state index contributed by atoms with van der Waals surface area (Å²) in [7, 11) is 0. The standard InChI is InChI=1S/C15H24N4O/c1-2-8-17-11-12-6-3-4-10-19(12)15-13(14(16)20)7-5-9-18-15/h5,7,9,12,17H,2-4,6,8,10-11H2,1H3,(H2,16,20). The lowest BCUT2D eigenvalue weighted by Crippen LogP contribution is -2.46. The van der Waals surface area contributed by atoms with Gasteiger partial charge in [0.1, 0.15) is 5.82 Å². The second-order valence-electron chi connectivity index (χ2n) is 5.29. The maximum absolute atomic E-state index is 11.6. The fourth-order valence-corrected chi connectivity index (χ4v) is 2.76. The second-order valence-corrected chi connectivity index (χ2v) is 5.29. The Bertz CT molecular complexity index is 449. The number of piperidine rings is 1. The first-order valence-corrected chi connectivity index (χ1v) is 7.46. The molecule has 1 aromatic heterocycles. The van der Waals surface area contributed by atoms with Crippen LogP contribution in [0.3, 0.4) is 0 Å². The fraction of sp³-hybridized carbons (Fsp3) is 0.600. The normalized spacial score (nSPS) is 19.1. The van der Waals surface area contributed by atoms with Gasteiger partial charge in [-0.25, -0.2) is 4.98 Å². The van der Waals surface area contributed by atoms with E-state index in [4.69, 9.17) is 5.73 Å².